The maximum Gasteiger partial charge on any atom is 0.264 e. The molecule has 0 aliphatic heterocycles. The van der Waals surface area contributed by atoms with Crippen LogP contribution in [0.5, 0.6) is 0 Å². The van der Waals surface area contributed by atoms with Gasteiger partial charge in [-0.15, -0.1) is 0 Å². The molecule has 5 aromatic rings. The van der Waals surface area contributed by atoms with Crippen molar-refractivity contribution in [1.29, 1.82) is 0 Å². The molecule has 41 heavy (non-hydrogen) atoms. The lowest BCUT2D eigenvalue weighted by molar-refractivity contribution is -0.132. The highest BCUT2D eigenvalue weighted by atomic mass is 32.2. The number of amides is 2. The summed E-state index contributed by atoms with van der Waals surface area (Å²) in [5, 5.41) is 3.79. The fraction of sp³-hybridized carbons (Fsp3) is 0.118. The van der Waals surface area contributed by atoms with Gasteiger partial charge < -0.3 is 4.90 Å². The molecule has 1 unspecified atom stereocenters. The summed E-state index contributed by atoms with van der Waals surface area (Å²) >= 11 is 0. The number of nitrogens with zero attached hydrogens (tertiary/aromatic N) is 1. The van der Waals surface area contributed by atoms with Crippen LogP contribution in [0.1, 0.15) is 18.9 Å². The first kappa shape index (κ1) is 27.8. The number of rotatable bonds is 9. The number of hydrogen-bond acceptors (Lipinski definition) is 4. The fourth-order valence-corrected chi connectivity index (χ4v) is 5.88. The minimum absolute atomic E-state index is 0.0219. The van der Waals surface area contributed by atoms with Gasteiger partial charge in [0, 0.05) is 12.2 Å². The number of hydrogen-bond donors (Lipinski definition) is 1. The van der Waals surface area contributed by atoms with E-state index >= 15 is 0 Å². The van der Waals surface area contributed by atoms with E-state index < -0.39 is 27.8 Å². The largest absolute Gasteiger partial charge is 0.312 e. The second-order valence-corrected chi connectivity index (χ2v) is 11.4. The average Bonchev–Trinajstić information content (AvgIpc) is 2.99. The van der Waals surface area contributed by atoms with Gasteiger partial charge in [0.1, 0.15) is 5.92 Å². The average molecular weight is 563 g/mol. The van der Waals surface area contributed by atoms with E-state index in [1.807, 2.05) is 91.9 Å². The van der Waals surface area contributed by atoms with E-state index in [2.05, 4.69) is 4.72 Å². The highest BCUT2D eigenvalue weighted by Crippen LogP contribution is 2.23. The molecule has 7 heteroatoms. The maximum atomic E-state index is 13.8. The number of para-hydroxylation sites is 1. The molecule has 0 radical (unpaired) electrons. The molecule has 5 rings (SSSR count). The van der Waals surface area contributed by atoms with Crippen LogP contribution < -0.4 is 9.62 Å². The van der Waals surface area contributed by atoms with Crippen LogP contribution in [-0.4, -0.2) is 26.8 Å². The standard InChI is InChI=1S/C34H30N2O4S/c1-2-36(30-16-4-3-5-17-30)34(38)32(18-10-11-25-19-20-26-12-6-8-14-28(26)23-25)33(37)35-41(39,40)31-22-21-27-13-7-9-15-29(27)24-31/h3-17,19-24,32H,2,18H2,1H3,(H,35,37). The van der Waals surface area contributed by atoms with Crippen LogP contribution in [-0.2, 0) is 19.6 Å². The van der Waals surface area contributed by atoms with Crippen molar-refractivity contribution in [2.75, 3.05) is 11.4 Å². The first-order chi connectivity index (χ1) is 19.9. The summed E-state index contributed by atoms with van der Waals surface area (Å²) in [7, 11) is -4.22. The number of anilines is 1. The molecule has 5 aromatic carbocycles. The zero-order valence-electron chi connectivity index (χ0n) is 22.6. The van der Waals surface area contributed by atoms with Crippen molar-refractivity contribution in [1.82, 2.24) is 4.72 Å². The van der Waals surface area contributed by atoms with Crippen LogP contribution in [0.3, 0.4) is 0 Å². The van der Waals surface area contributed by atoms with Gasteiger partial charge in [-0.1, -0.05) is 97.1 Å². The van der Waals surface area contributed by atoms with Gasteiger partial charge >= 0.3 is 0 Å². The monoisotopic (exact) mass is 562 g/mol. The van der Waals surface area contributed by atoms with Crippen molar-refractivity contribution in [3.63, 3.8) is 0 Å². The first-order valence-electron chi connectivity index (χ1n) is 13.4. The van der Waals surface area contributed by atoms with Crippen LogP contribution in [0.25, 0.3) is 27.6 Å². The van der Waals surface area contributed by atoms with E-state index in [4.69, 9.17) is 0 Å². The lowest BCUT2D eigenvalue weighted by Crippen LogP contribution is -2.45. The quantitative estimate of drug-likeness (QED) is 0.206. The molecule has 0 aliphatic carbocycles. The molecule has 0 aliphatic rings. The van der Waals surface area contributed by atoms with E-state index in [0.717, 1.165) is 27.1 Å². The third-order valence-electron chi connectivity index (χ3n) is 6.99. The Morgan fingerprint density at radius 1 is 0.756 bits per heavy atom. The number of fused-ring (bicyclic) bond motifs is 2. The Morgan fingerprint density at radius 3 is 2.00 bits per heavy atom. The highest BCUT2D eigenvalue weighted by molar-refractivity contribution is 7.90. The predicted octanol–water partition coefficient (Wildman–Crippen LogP) is 6.57. The molecule has 0 aromatic heterocycles. The molecule has 0 fully saturated rings. The molecule has 1 atom stereocenters. The topological polar surface area (TPSA) is 83.6 Å². The van der Waals surface area contributed by atoms with Gasteiger partial charge in [0.25, 0.3) is 10.0 Å². The molecule has 0 saturated carbocycles. The van der Waals surface area contributed by atoms with Gasteiger partial charge in [0.2, 0.25) is 11.8 Å². The van der Waals surface area contributed by atoms with Gasteiger partial charge in [-0.25, -0.2) is 13.1 Å². The summed E-state index contributed by atoms with van der Waals surface area (Å²) in [5.41, 5.74) is 1.54. The minimum Gasteiger partial charge on any atom is -0.312 e. The van der Waals surface area contributed by atoms with Crippen LogP contribution >= 0.6 is 0 Å². The third-order valence-corrected chi connectivity index (χ3v) is 8.33. The third kappa shape index (κ3) is 6.36. The fourth-order valence-electron chi connectivity index (χ4n) is 4.83. The number of allylic oxidation sites excluding steroid dienone is 1. The van der Waals surface area contributed by atoms with E-state index in [-0.39, 0.29) is 11.3 Å². The normalized spacial score (nSPS) is 12.4. The Kier molecular flexibility index (Phi) is 8.26. The molecular weight excluding hydrogens is 532 g/mol. The predicted molar refractivity (Wildman–Crippen MR) is 165 cm³/mol. The van der Waals surface area contributed by atoms with Crippen molar-refractivity contribution >= 4 is 55.1 Å². The SMILES string of the molecule is CCN(C(=O)C(CC=Cc1ccc2ccccc2c1)C(=O)NS(=O)(=O)c1ccc2ccccc2c1)c1ccccc1. The molecule has 6 nitrogen and oxygen atoms in total. The van der Waals surface area contributed by atoms with Crippen LogP contribution in [0.15, 0.2) is 126 Å². The Labute approximate surface area is 240 Å². The Morgan fingerprint density at radius 2 is 1.34 bits per heavy atom. The van der Waals surface area contributed by atoms with E-state index in [9.17, 15) is 18.0 Å². The second-order valence-electron chi connectivity index (χ2n) is 9.69. The molecule has 1 N–H and O–H groups in total. The molecule has 2 amide bonds. The smallest absolute Gasteiger partial charge is 0.264 e. The number of carbonyl (C=O) groups excluding carboxylic acids is 2. The van der Waals surface area contributed by atoms with Gasteiger partial charge in [-0.2, -0.15) is 0 Å². The van der Waals surface area contributed by atoms with Gasteiger partial charge in [-0.3, -0.25) is 9.59 Å². The van der Waals surface area contributed by atoms with Gasteiger partial charge in [0.05, 0.1) is 4.90 Å². The van der Waals surface area contributed by atoms with E-state index in [0.29, 0.717) is 12.2 Å². The second kappa shape index (κ2) is 12.2. The Balaban J connectivity index is 1.42. The van der Waals surface area contributed by atoms with Gasteiger partial charge in [-0.05, 0) is 70.8 Å². The van der Waals surface area contributed by atoms with E-state index in [1.165, 1.54) is 17.0 Å². The van der Waals surface area contributed by atoms with Gasteiger partial charge in [0.15, 0.2) is 0 Å². The number of carbonyl (C=O) groups is 2. The number of nitrogens with one attached hydrogen (secondary N) is 1. The summed E-state index contributed by atoms with van der Waals surface area (Å²) in [6.07, 6.45) is 3.61. The molecule has 0 bridgehead atoms. The number of benzene rings is 5. The Hall–Kier alpha value is -4.75. The van der Waals surface area contributed by atoms with Crippen LogP contribution in [0, 0.1) is 5.92 Å². The lowest BCUT2D eigenvalue weighted by atomic mass is 10.0. The summed E-state index contributed by atoms with van der Waals surface area (Å²) in [6.45, 7) is 2.13. The molecular formula is C34H30N2O4S. The zero-order chi connectivity index (χ0) is 28.8. The lowest BCUT2D eigenvalue weighted by Gasteiger charge is -2.25. The van der Waals surface area contributed by atoms with Crippen LogP contribution in [0.2, 0.25) is 0 Å². The van der Waals surface area contributed by atoms with E-state index in [1.54, 1.807) is 30.3 Å². The van der Waals surface area contributed by atoms with Crippen molar-refractivity contribution in [2.45, 2.75) is 18.2 Å². The number of sulfonamides is 1. The summed E-state index contributed by atoms with van der Waals surface area (Å²) in [4.78, 5) is 28.8. The summed E-state index contributed by atoms with van der Waals surface area (Å²) < 4.78 is 28.7. The summed E-state index contributed by atoms with van der Waals surface area (Å²) in [5.74, 6) is -2.61. The highest BCUT2D eigenvalue weighted by Gasteiger charge is 2.33. The maximum absolute atomic E-state index is 13.8. The Bertz CT molecular complexity index is 1850. The van der Waals surface area contributed by atoms with Crippen LogP contribution in [0.4, 0.5) is 5.69 Å². The van der Waals surface area contributed by atoms with Crippen molar-refractivity contribution < 1.29 is 18.0 Å². The zero-order valence-corrected chi connectivity index (χ0v) is 23.4. The molecule has 0 saturated heterocycles. The van der Waals surface area contributed by atoms with Crippen molar-refractivity contribution in [3.05, 3.63) is 127 Å². The minimum atomic E-state index is -4.22. The molecule has 0 heterocycles. The molecule has 206 valence electrons. The van der Waals surface area contributed by atoms with Crippen molar-refractivity contribution in [3.8, 4) is 0 Å². The van der Waals surface area contributed by atoms with Crippen molar-refractivity contribution in [2.24, 2.45) is 5.92 Å². The first-order valence-corrected chi connectivity index (χ1v) is 14.9. The summed E-state index contributed by atoms with van der Waals surface area (Å²) in [6, 6.07) is 35.0. The molecule has 0 spiro atoms.